The molecule has 108 valence electrons. The molecule has 0 amide bonds. The lowest BCUT2D eigenvalue weighted by Crippen LogP contribution is -2.27. The van der Waals surface area contributed by atoms with Gasteiger partial charge in [0.1, 0.15) is 10.0 Å². The smallest absolute Gasteiger partial charge is 0.243 e. The molecule has 2 rings (SSSR count). The second-order valence-electron chi connectivity index (χ2n) is 4.50. The number of thiophene rings is 1. The van der Waals surface area contributed by atoms with Crippen molar-refractivity contribution in [2.75, 3.05) is 0 Å². The Morgan fingerprint density at radius 2 is 2.10 bits per heavy atom. The normalized spacial score (nSPS) is 13.4. The van der Waals surface area contributed by atoms with Crippen LogP contribution in [-0.2, 0) is 10.0 Å². The lowest BCUT2D eigenvalue weighted by molar-refractivity contribution is 0.566. The van der Waals surface area contributed by atoms with Gasteiger partial charge in [0.15, 0.2) is 0 Å². The van der Waals surface area contributed by atoms with Gasteiger partial charge in [-0.15, -0.1) is 11.3 Å². The monoisotopic (exact) mass is 330 g/mol. The molecule has 0 spiro atoms. The maximum Gasteiger partial charge on any atom is 0.244 e. The van der Waals surface area contributed by atoms with E-state index in [4.69, 9.17) is 11.6 Å². The van der Waals surface area contributed by atoms with Gasteiger partial charge in [-0.25, -0.2) is 18.1 Å². The summed E-state index contributed by atoms with van der Waals surface area (Å²) in [6.45, 7) is 5.80. The van der Waals surface area contributed by atoms with Crippen LogP contribution in [0.2, 0.25) is 5.15 Å². The number of sulfonamides is 1. The van der Waals surface area contributed by atoms with Gasteiger partial charge in [0.25, 0.3) is 0 Å². The third kappa shape index (κ3) is 3.20. The molecule has 7 heteroatoms. The first kappa shape index (κ1) is 15.4. The molecule has 0 aromatic carbocycles. The molecule has 4 nitrogen and oxygen atoms in total. The van der Waals surface area contributed by atoms with E-state index in [1.807, 2.05) is 26.8 Å². The predicted molar refractivity (Wildman–Crippen MR) is 81.8 cm³/mol. The number of pyridine rings is 1. The van der Waals surface area contributed by atoms with Crippen molar-refractivity contribution in [1.82, 2.24) is 9.71 Å². The van der Waals surface area contributed by atoms with E-state index in [1.165, 1.54) is 12.3 Å². The topological polar surface area (TPSA) is 59.1 Å². The van der Waals surface area contributed by atoms with Crippen molar-refractivity contribution < 1.29 is 8.42 Å². The quantitative estimate of drug-likeness (QED) is 0.873. The minimum absolute atomic E-state index is 0.00174. The van der Waals surface area contributed by atoms with Gasteiger partial charge in [-0.3, -0.25) is 0 Å². The van der Waals surface area contributed by atoms with E-state index in [2.05, 4.69) is 9.71 Å². The van der Waals surface area contributed by atoms with E-state index in [0.29, 0.717) is 0 Å². The molecule has 0 bridgehead atoms. The van der Waals surface area contributed by atoms with Gasteiger partial charge in [0, 0.05) is 22.0 Å². The molecule has 0 fully saturated rings. The van der Waals surface area contributed by atoms with Crippen LogP contribution in [-0.4, -0.2) is 13.4 Å². The fourth-order valence-corrected chi connectivity index (χ4v) is 4.71. The number of aryl methyl sites for hydroxylation is 2. The summed E-state index contributed by atoms with van der Waals surface area (Å²) < 4.78 is 27.3. The largest absolute Gasteiger partial charge is 0.244 e. The molecule has 0 radical (unpaired) electrons. The summed E-state index contributed by atoms with van der Waals surface area (Å²) in [7, 11) is -3.69. The minimum atomic E-state index is -3.69. The van der Waals surface area contributed by atoms with Crippen molar-refractivity contribution in [2.45, 2.75) is 31.7 Å². The Bertz CT molecular complexity index is 726. The highest BCUT2D eigenvalue weighted by Crippen LogP contribution is 2.28. The molecule has 0 aliphatic carbocycles. The van der Waals surface area contributed by atoms with Crippen molar-refractivity contribution in [3.05, 3.63) is 44.9 Å². The second kappa shape index (κ2) is 5.81. The van der Waals surface area contributed by atoms with Crippen LogP contribution in [0.25, 0.3) is 0 Å². The minimum Gasteiger partial charge on any atom is -0.243 e. The van der Waals surface area contributed by atoms with Crippen LogP contribution in [0.3, 0.4) is 0 Å². The number of halogens is 1. The molecule has 1 atom stereocenters. The molecule has 0 aliphatic rings. The highest BCUT2D eigenvalue weighted by molar-refractivity contribution is 7.89. The van der Waals surface area contributed by atoms with Crippen molar-refractivity contribution in [3.8, 4) is 0 Å². The average molecular weight is 331 g/mol. The molecule has 2 aromatic heterocycles. The molecular formula is C13H15ClN2O2S2. The van der Waals surface area contributed by atoms with Crippen molar-refractivity contribution in [1.29, 1.82) is 0 Å². The van der Waals surface area contributed by atoms with E-state index >= 15 is 0 Å². The second-order valence-corrected chi connectivity index (χ2v) is 8.00. The Hall–Kier alpha value is -0.950. The third-order valence-electron chi connectivity index (χ3n) is 2.89. The fourth-order valence-electron chi connectivity index (χ4n) is 2.01. The molecule has 1 unspecified atom stereocenters. The summed E-state index contributed by atoms with van der Waals surface area (Å²) in [6.07, 6.45) is 1.46. The summed E-state index contributed by atoms with van der Waals surface area (Å²) >= 11 is 7.49. The number of nitrogens with one attached hydrogen (secondary N) is 1. The zero-order chi connectivity index (χ0) is 14.9. The first-order valence-electron chi connectivity index (χ1n) is 6.01. The van der Waals surface area contributed by atoms with Crippen LogP contribution in [0.15, 0.2) is 29.3 Å². The first-order valence-corrected chi connectivity index (χ1v) is 8.69. The standard InChI is InChI=1S/C13H15ClN2O2S2/c1-8-7-11(10(3)19-8)9(2)16-20(17,18)12-5-4-6-15-13(12)14/h4-7,9,16H,1-3H3. The van der Waals surface area contributed by atoms with Gasteiger partial charge in [0.2, 0.25) is 10.0 Å². The van der Waals surface area contributed by atoms with Crippen LogP contribution in [0, 0.1) is 13.8 Å². The van der Waals surface area contributed by atoms with Crippen molar-refractivity contribution >= 4 is 33.0 Å². The fraction of sp³-hybridized carbons (Fsp3) is 0.308. The average Bonchev–Trinajstić information content (AvgIpc) is 2.68. The maximum atomic E-state index is 12.3. The third-order valence-corrected chi connectivity index (χ3v) is 5.86. The zero-order valence-electron chi connectivity index (χ0n) is 11.3. The van der Waals surface area contributed by atoms with E-state index < -0.39 is 10.0 Å². The highest BCUT2D eigenvalue weighted by atomic mass is 35.5. The van der Waals surface area contributed by atoms with Gasteiger partial charge in [0.05, 0.1) is 0 Å². The van der Waals surface area contributed by atoms with Crippen LogP contribution in [0.1, 0.15) is 28.3 Å². The van der Waals surface area contributed by atoms with Gasteiger partial charge in [-0.1, -0.05) is 11.6 Å². The number of aromatic nitrogens is 1. The Morgan fingerprint density at radius 1 is 1.40 bits per heavy atom. The highest BCUT2D eigenvalue weighted by Gasteiger charge is 2.22. The summed E-state index contributed by atoms with van der Waals surface area (Å²) in [5.41, 5.74) is 0.982. The predicted octanol–water partition coefficient (Wildman–Crippen LogP) is 3.45. The summed E-state index contributed by atoms with van der Waals surface area (Å²) in [5, 5.41) is -0.0228. The van der Waals surface area contributed by atoms with Gasteiger partial charge >= 0.3 is 0 Å². The Labute approximate surface area is 127 Å². The maximum absolute atomic E-state index is 12.3. The zero-order valence-corrected chi connectivity index (χ0v) is 13.7. The molecule has 0 saturated heterocycles. The molecular weight excluding hydrogens is 316 g/mol. The van der Waals surface area contributed by atoms with Crippen molar-refractivity contribution in [3.63, 3.8) is 0 Å². The number of rotatable bonds is 4. The summed E-state index contributed by atoms with van der Waals surface area (Å²) in [5.74, 6) is 0. The van der Waals surface area contributed by atoms with E-state index in [-0.39, 0.29) is 16.1 Å². The Balaban J connectivity index is 2.29. The lowest BCUT2D eigenvalue weighted by atomic mass is 10.1. The number of hydrogen-bond acceptors (Lipinski definition) is 4. The molecule has 2 aromatic rings. The Morgan fingerprint density at radius 3 is 2.65 bits per heavy atom. The van der Waals surface area contributed by atoms with Crippen LogP contribution in [0.4, 0.5) is 0 Å². The number of hydrogen-bond donors (Lipinski definition) is 1. The molecule has 20 heavy (non-hydrogen) atoms. The molecule has 0 saturated carbocycles. The van der Waals surface area contributed by atoms with E-state index in [1.54, 1.807) is 17.4 Å². The van der Waals surface area contributed by atoms with Crippen molar-refractivity contribution in [2.24, 2.45) is 0 Å². The van der Waals surface area contributed by atoms with Gasteiger partial charge in [-0.05, 0) is 44.5 Å². The SMILES string of the molecule is Cc1cc(C(C)NS(=O)(=O)c2cccnc2Cl)c(C)s1. The van der Waals surface area contributed by atoms with Gasteiger partial charge < -0.3 is 0 Å². The summed E-state index contributed by atoms with van der Waals surface area (Å²) in [6, 6.07) is 4.67. The summed E-state index contributed by atoms with van der Waals surface area (Å²) in [4.78, 5) is 6.06. The Kier molecular flexibility index (Phi) is 4.49. The van der Waals surface area contributed by atoms with Crippen LogP contribution >= 0.6 is 22.9 Å². The van der Waals surface area contributed by atoms with E-state index in [9.17, 15) is 8.42 Å². The number of nitrogens with zero attached hydrogens (tertiary/aromatic N) is 1. The van der Waals surface area contributed by atoms with Gasteiger partial charge in [-0.2, -0.15) is 0 Å². The molecule has 0 aliphatic heterocycles. The molecule has 2 heterocycles. The first-order chi connectivity index (χ1) is 9.31. The van der Waals surface area contributed by atoms with E-state index in [0.717, 1.165) is 15.3 Å². The van der Waals surface area contributed by atoms with Crippen LogP contribution < -0.4 is 4.72 Å². The lowest BCUT2D eigenvalue weighted by Gasteiger charge is -2.14. The van der Waals surface area contributed by atoms with Crippen LogP contribution in [0.5, 0.6) is 0 Å². The molecule has 1 N–H and O–H groups in total.